The Morgan fingerprint density at radius 1 is 1.06 bits per heavy atom. The van der Waals surface area contributed by atoms with Gasteiger partial charge in [-0.2, -0.15) is 0 Å². The van der Waals surface area contributed by atoms with Crippen LogP contribution in [0.15, 0.2) is 24.3 Å². The second-order valence-electron chi connectivity index (χ2n) is 9.23. The fourth-order valence-corrected chi connectivity index (χ4v) is 4.97. The molecule has 3 aliphatic rings. The van der Waals surface area contributed by atoms with Gasteiger partial charge in [-0.1, -0.05) is 29.8 Å². The number of nitrogens with zero attached hydrogens (tertiary/aromatic N) is 3. The molecule has 3 amide bonds. The number of rotatable bonds is 6. The third kappa shape index (κ3) is 5.45. The van der Waals surface area contributed by atoms with Gasteiger partial charge in [0.05, 0.1) is 12.5 Å². The number of likely N-dealkylation sites (tertiary alicyclic amines) is 2. The number of benzene rings is 1. The van der Waals surface area contributed by atoms with Crippen LogP contribution < -0.4 is 5.32 Å². The molecular weight excluding hydrogens is 392 g/mol. The van der Waals surface area contributed by atoms with Gasteiger partial charge in [-0.3, -0.25) is 19.3 Å². The summed E-state index contributed by atoms with van der Waals surface area (Å²) in [6.07, 6.45) is 3.74. The first-order valence-electron chi connectivity index (χ1n) is 11.6. The monoisotopic (exact) mass is 426 g/mol. The van der Waals surface area contributed by atoms with Crippen LogP contribution in [0.2, 0.25) is 0 Å². The highest BCUT2D eigenvalue weighted by Gasteiger charge is 2.34. The van der Waals surface area contributed by atoms with Crippen LogP contribution in [0.1, 0.15) is 43.2 Å². The lowest BCUT2D eigenvalue weighted by Gasteiger charge is -2.37. The molecular formula is C24H34N4O3. The SMILES string of the molecule is Cc1ccc(CN2CCNC(=O)[C@@H]2CC(=O)N2CCC(CN3CCCC3=O)CC2)cc1. The van der Waals surface area contributed by atoms with Crippen molar-refractivity contribution in [3.05, 3.63) is 35.4 Å². The molecule has 31 heavy (non-hydrogen) atoms. The van der Waals surface area contributed by atoms with Crippen LogP contribution >= 0.6 is 0 Å². The third-order valence-electron chi connectivity index (χ3n) is 6.93. The fourth-order valence-electron chi connectivity index (χ4n) is 4.97. The molecule has 0 aromatic heterocycles. The van der Waals surface area contributed by atoms with Crippen LogP contribution in [0.5, 0.6) is 0 Å². The zero-order chi connectivity index (χ0) is 21.8. The molecule has 3 fully saturated rings. The molecule has 7 nitrogen and oxygen atoms in total. The molecule has 1 aromatic carbocycles. The van der Waals surface area contributed by atoms with Crippen molar-refractivity contribution in [3.63, 3.8) is 0 Å². The molecule has 3 heterocycles. The van der Waals surface area contributed by atoms with Gasteiger partial charge >= 0.3 is 0 Å². The van der Waals surface area contributed by atoms with Gasteiger partial charge in [0, 0.05) is 52.2 Å². The number of piperazine rings is 1. The Morgan fingerprint density at radius 3 is 2.48 bits per heavy atom. The summed E-state index contributed by atoms with van der Waals surface area (Å²) in [6.45, 7) is 7.26. The van der Waals surface area contributed by atoms with Gasteiger partial charge in [-0.05, 0) is 37.7 Å². The van der Waals surface area contributed by atoms with Gasteiger partial charge in [0.25, 0.3) is 0 Å². The summed E-state index contributed by atoms with van der Waals surface area (Å²) in [5.74, 6) is 0.762. The number of nitrogens with one attached hydrogen (secondary N) is 1. The topological polar surface area (TPSA) is 73.0 Å². The molecule has 0 bridgehead atoms. The lowest BCUT2D eigenvalue weighted by Crippen LogP contribution is -2.56. The van der Waals surface area contributed by atoms with Crippen molar-refractivity contribution in [1.82, 2.24) is 20.0 Å². The average molecular weight is 427 g/mol. The Hall–Kier alpha value is -2.41. The van der Waals surface area contributed by atoms with Crippen molar-refractivity contribution in [2.75, 3.05) is 39.3 Å². The van der Waals surface area contributed by atoms with Crippen LogP contribution in [0.25, 0.3) is 0 Å². The highest BCUT2D eigenvalue weighted by atomic mass is 16.2. The Balaban J connectivity index is 1.30. The van der Waals surface area contributed by atoms with Crippen LogP contribution in [0.3, 0.4) is 0 Å². The Kier molecular flexibility index (Phi) is 6.90. The summed E-state index contributed by atoms with van der Waals surface area (Å²) in [5.41, 5.74) is 2.37. The number of carbonyl (C=O) groups excluding carboxylic acids is 3. The van der Waals surface area contributed by atoms with Crippen LogP contribution in [-0.4, -0.2) is 77.7 Å². The van der Waals surface area contributed by atoms with E-state index < -0.39 is 6.04 Å². The number of hydrogen-bond donors (Lipinski definition) is 1. The van der Waals surface area contributed by atoms with Gasteiger partial charge in [0.15, 0.2) is 0 Å². The summed E-state index contributed by atoms with van der Waals surface area (Å²) in [5, 5.41) is 2.93. The number of carbonyl (C=O) groups is 3. The van der Waals surface area contributed by atoms with Gasteiger partial charge < -0.3 is 15.1 Å². The molecule has 3 saturated heterocycles. The van der Waals surface area contributed by atoms with E-state index in [-0.39, 0.29) is 24.1 Å². The largest absolute Gasteiger partial charge is 0.353 e. The predicted molar refractivity (Wildman–Crippen MR) is 118 cm³/mol. The second-order valence-corrected chi connectivity index (χ2v) is 9.23. The fraction of sp³-hybridized carbons (Fsp3) is 0.625. The molecule has 0 unspecified atom stereocenters. The van der Waals surface area contributed by atoms with Crippen molar-refractivity contribution < 1.29 is 14.4 Å². The first-order valence-corrected chi connectivity index (χ1v) is 11.6. The summed E-state index contributed by atoms with van der Waals surface area (Å²) < 4.78 is 0. The molecule has 0 saturated carbocycles. The molecule has 3 aliphatic heterocycles. The van der Waals surface area contributed by atoms with Crippen LogP contribution in [-0.2, 0) is 20.9 Å². The van der Waals surface area contributed by atoms with Gasteiger partial charge in [0.1, 0.15) is 0 Å². The molecule has 1 N–H and O–H groups in total. The molecule has 4 rings (SSSR count). The number of amides is 3. The van der Waals surface area contributed by atoms with E-state index in [9.17, 15) is 14.4 Å². The van der Waals surface area contributed by atoms with E-state index in [1.165, 1.54) is 5.56 Å². The highest BCUT2D eigenvalue weighted by molar-refractivity contribution is 5.89. The molecule has 168 valence electrons. The maximum atomic E-state index is 13.0. The zero-order valence-electron chi connectivity index (χ0n) is 18.5. The Bertz CT molecular complexity index is 802. The van der Waals surface area contributed by atoms with E-state index in [1.807, 2.05) is 9.80 Å². The van der Waals surface area contributed by atoms with Gasteiger partial charge in [-0.25, -0.2) is 0 Å². The normalized spacial score (nSPS) is 23.3. The number of aryl methyl sites for hydroxylation is 1. The molecule has 1 aromatic rings. The lowest BCUT2D eigenvalue weighted by molar-refractivity contribution is -0.140. The predicted octanol–water partition coefficient (Wildman–Crippen LogP) is 1.55. The quantitative estimate of drug-likeness (QED) is 0.749. The standard InChI is InChI=1S/C24H34N4O3/c1-18-4-6-19(7-5-18)16-27-14-10-25-24(31)21(27)15-23(30)26-12-8-20(9-13-26)17-28-11-2-3-22(28)29/h4-7,20-21H,2-3,8-17H2,1H3,(H,25,31)/t21-/m0/s1. The van der Waals surface area contributed by atoms with E-state index in [1.54, 1.807) is 0 Å². The van der Waals surface area contributed by atoms with Crippen molar-refractivity contribution in [1.29, 1.82) is 0 Å². The Labute approximate surface area is 184 Å². The van der Waals surface area contributed by atoms with E-state index in [4.69, 9.17) is 0 Å². The molecule has 1 atom stereocenters. The first kappa shape index (κ1) is 21.8. The van der Waals surface area contributed by atoms with Crippen molar-refractivity contribution in [3.8, 4) is 0 Å². The number of hydrogen-bond acceptors (Lipinski definition) is 4. The number of piperidine rings is 1. The first-order chi connectivity index (χ1) is 15.0. The van der Waals surface area contributed by atoms with Gasteiger partial charge in [0.2, 0.25) is 17.7 Å². The minimum absolute atomic E-state index is 0.0471. The van der Waals surface area contributed by atoms with E-state index in [0.29, 0.717) is 25.4 Å². The smallest absolute Gasteiger partial charge is 0.237 e. The Morgan fingerprint density at radius 2 is 1.81 bits per heavy atom. The highest BCUT2D eigenvalue weighted by Crippen LogP contribution is 2.23. The second kappa shape index (κ2) is 9.81. The van der Waals surface area contributed by atoms with Crippen molar-refractivity contribution in [2.24, 2.45) is 5.92 Å². The van der Waals surface area contributed by atoms with Gasteiger partial charge in [-0.15, -0.1) is 0 Å². The third-order valence-corrected chi connectivity index (χ3v) is 6.93. The minimum atomic E-state index is -0.414. The lowest BCUT2D eigenvalue weighted by atomic mass is 9.95. The zero-order valence-corrected chi connectivity index (χ0v) is 18.5. The maximum Gasteiger partial charge on any atom is 0.237 e. The van der Waals surface area contributed by atoms with Crippen molar-refractivity contribution >= 4 is 17.7 Å². The summed E-state index contributed by atoms with van der Waals surface area (Å²) in [7, 11) is 0. The minimum Gasteiger partial charge on any atom is -0.353 e. The van der Waals surface area contributed by atoms with Crippen LogP contribution in [0.4, 0.5) is 0 Å². The summed E-state index contributed by atoms with van der Waals surface area (Å²) >= 11 is 0. The summed E-state index contributed by atoms with van der Waals surface area (Å²) in [4.78, 5) is 43.5. The molecule has 0 radical (unpaired) electrons. The molecule has 0 spiro atoms. The van der Waals surface area contributed by atoms with Crippen molar-refractivity contribution in [2.45, 2.75) is 51.6 Å². The van der Waals surface area contributed by atoms with Crippen LogP contribution in [0, 0.1) is 12.8 Å². The van der Waals surface area contributed by atoms with E-state index in [2.05, 4.69) is 41.4 Å². The summed E-state index contributed by atoms with van der Waals surface area (Å²) in [6, 6.07) is 7.94. The average Bonchev–Trinajstić information content (AvgIpc) is 3.17. The van der Waals surface area contributed by atoms with E-state index >= 15 is 0 Å². The maximum absolute atomic E-state index is 13.0. The van der Waals surface area contributed by atoms with E-state index in [0.717, 1.165) is 57.5 Å². The molecule has 7 heteroatoms. The molecule has 0 aliphatic carbocycles.